The molecule has 4 atom stereocenters. The number of aliphatic hydroxyl groups excluding tert-OH is 6. The second kappa shape index (κ2) is 20.8. The molecule has 238 valence electrons. The van der Waals surface area contributed by atoms with Crippen LogP contribution in [0, 0.1) is 0 Å². The van der Waals surface area contributed by atoms with Crippen molar-refractivity contribution >= 4 is 29.7 Å². The average Bonchev–Trinajstić information content (AvgIpc) is 2.89. The summed E-state index contributed by atoms with van der Waals surface area (Å²) in [4.78, 5) is 62.9. The molecule has 0 saturated heterocycles. The van der Waals surface area contributed by atoms with Crippen LogP contribution < -0.4 is 10.6 Å². The molecule has 0 aromatic carbocycles. The summed E-state index contributed by atoms with van der Waals surface area (Å²) in [6, 6.07) is -2.69. The lowest BCUT2D eigenvalue weighted by Crippen LogP contribution is -2.54. The molecule has 19 nitrogen and oxygen atoms in total. The van der Waals surface area contributed by atoms with E-state index in [0.717, 1.165) is 9.80 Å². The molecule has 11 N–H and O–H groups in total. The van der Waals surface area contributed by atoms with Gasteiger partial charge in [0.1, 0.15) is 13.5 Å². The van der Waals surface area contributed by atoms with E-state index in [9.17, 15) is 59.7 Å². The number of hydrogen-bond acceptors (Lipinski definition) is 14. The van der Waals surface area contributed by atoms with Gasteiger partial charge in [-0.2, -0.15) is 0 Å². The number of aliphatic carboxylic acids is 3. The van der Waals surface area contributed by atoms with Crippen LogP contribution in [0.2, 0.25) is 0 Å². The van der Waals surface area contributed by atoms with Gasteiger partial charge in [0.25, 0.3) is 0 Å². The summed E-state index contributed by atoms with van der Waals surface area (Å²) in [5.41, 5.74) is 0. The van der Waals surface area contributed by atoms with Crippen LogP contribution in [-0.2, 0) is 24.0 Å². The molecule has 41 heavy (non-hydrogen) atoms. The number of amides is 2. The maximum Gasteiger partial charge on any atom is 0.317 e. The molecule has 0 fully saturated rings. The van der Waals surface area contributed by atoms with Gasteiger partial charge < -0.3 is 56.6 Å². The highest BCUT2D eigenvalue weighted by atomic mass is 16.4. The third-order valence-corrected chi connectivity index (χ3v) is 5.85. The number of nitrogens with zero attached hydrogens (tertiary/aromatic N) is 3. The first-order chi connectivity index (χ1) is 19.3. The van der Waals surface area contributed by atoms with Crippen LogP contribution in [0.1, 0.15) is 12.8 Å². The Bertz CT molecular complexity index is 776. The summed E-state index contributed by atoms with van der Waals surface area (Å²) in [6.45, 7) is -6.13. The van der Waals surface area contributed by atoms with Crippen LogP contribution in [0.4, 0.5) is 0 Å². The van der Waals surface area contributed by atoms with E-state index in [4.69, 9.17) is 10.2 Å². The first-order valence-electron chi connectivity index (χ1n) is 12.5. The fourth-order valence-corrected chi connectivity index (χ4v) is 3.94. The fourth-order valence-electron chi connectivity index (χ4n) is 3.94. The molecule has 2 amide bonds. The van der Waals surface area contributed by atoms with Crippen molar-refractivity contribution < 1.29 is 69.9 Å². The molecule has 0 spiro atoms. The summed E-state index contributed by atoms with van der Waals surface area (Å²) in [5.74, 6) is -5.78. The second-order valence-electron chi connectivity index (χ2n) is 8.97. The summed E-state index contributed by atoms with van der Waals surface area (Å²) in [6.07, 6.45) is -3.68. The molecule has 4 unspecified atom stereocenters. The second-order valence-corrected chi connectivity index (χ2v) is 8.97. The number of carboxylic acid groups (broad SMARTS) is 3. The third-order valence-electron chi connectivity index (χ3n) is 5.85. The van der Waals surface area contributed by atoms with Crippen molar-refractivity contribution in [3.05, 3.63) is 0 Å². The van der Waals surface area contributed by atoms with E-state index in [1.54, 1.807) is 0 Å². The third kappa shape index (κ3) is 16.1. The Hall–Kier alpha value is -3.01. The molecule has 0 aliphatic rings. The highest BCUT2D eigenvalue weighted by Crippen LogP contribution is 2.11. The Morgan fingerprint density at radius 2 is 0.902 bits per heavy atom. The topological polar surface area (TPSA) is 301 Å². The summed E-state index contributed by atoms with van der Waals surface area (Å²) < 4.78 is 0. The number of aliphatic hydroxyl groups is 6. The predicted octanol–water partition coefficient (Wildman–Crippen LogP) is -6.50. The number of hydrogen-bond donors (Lipinski definition) is 11. The van der Waals surface area contributed by atoms with Crippen molar-refractivity contribution in [2.24, 2.45) is 0 Å². The summed E-state index contributed by atoms with van der Waals surface area (Å²) in [7, 11) is 0. The molecule has 0 bridgehead atoms. The van der Waals surface area contributed by atoms with Crippen LogP contribution in [0.15, 0.2) is 0 Å². The van der Waals surface area contributed by atoms with Crippen LogP contribution in [-0.4, -0.2) is 187 Å². The molecule has 0 radical (unpaired) electrons. The van der Waals surface area contributed by atoms with Gasteiger partial charge in [0, 0.05) is 39.0 Å². The standard InChI is InChI=1S/C22H41N5O14/c28-10-14(32)5-16(21(40)23-12-30)26(8-19(36)37)3-1-25(7-18(34)35)2-4-27(9-20(38)39)17(6-15(33)11-29)22(41)24-13-31/h14-17,28-33H,1-13H2,(H,23,40)(H,24,41)(H,34,35)(H,36,37)(H,38,39). The molecule has 0 heterocycles. The van der Waals surface area contributed by atoms with Gasteiger partial charge in [-0.15, -0.1) is 0 Å². The smallest absolute Gasteiger partial charge is 0.317 e. The van der Waals surface area contributed by atoms with Gasteiger partial charge in [-0.3, -0.25) is 38.7 Å². The van der Waals surface area contributed by atoms with E-state index in [0.29, 0.717) is 0 Å². The fraction of sp³-hybridized carbons (Fsp3) is 0.773. The largest absolute Gasteiger partial charge is 0.480 e. The van der Waals surface area contributed by atoms with Crippen LogP contribution in [0.25, 0.3) is 0 Å². The van der Waals surface area contributed by atoms with Gasteiger partial charge in [0.15, 0.2) is 0 Å². The number of carboxylic acids is 3. The van der Waals surface area contributed by atoms with Crippen LogP contribution >= 0.6 is 0 Å². The molecule has 0 aromatic rings. The van der Waals surface area contributed by atoms with E-state index in [2.05, 4.69) is 10.6 Å². The van der Waals surface area contributed by atoms with Crippen LogP contribution in [0.5, 0.6) is 0 Å². The molecular weight excluding hydrogens is 558 g/mol. The molecule has 0 aromatic heterocycles. The van der Waals surface area contributed by atoms with E-state index in [1.807, 2.05) is 0 Å². The van der Waals surface area contributed by atoms with Gasteiger partial charge in [0.2, 0.25) is 11.8 Å². The van der Waals surface area contributed by atoms with Crippen molar-refractivity contribution in [3.8, 4) is 0 Å². The Balaban J connectivity index is 5.98. The first-order valence-corrected chi connectivity index (χ1v) is 12.5. The lowest BCUT2D eigenvalue weighted by atomic mass is 10.1. The minimum Gasteiger partial charge on any atom is -0.480 e. The lowest BCUT2D eigenvalue weighted by Gasteiger charge is -2.34. The van der Waals surface area contributed by atoms with E-state index in [1.165, 1.54) is 4.90 Å². The Labute approximate surface area is 235 Å². The number of carbonyl (C=O) groups excluding carboxylic acids is 2. The van der Waals surface area contributed by atoms with Crippen molar-refractivity contribution in [3.63, 3.8) is 0 Å². The highest BCUT2D eigenvalue weighted by molar-refractivity contribution is 5.83. The molecule has 0 aliphatic heterocycles. The van der Waals surface area contributed by atoms with Crippen molar-refractivity contribution in [1.82, 2.24) is 25.3 Å². The summed E-state index contributed by atoms with van der Waals surface area (Å²) in [5, 5.41) is 88.5. The van der Waals surface area contributed by atoms with Gasteiger partial charge in [-0.1, -0.05) is 0 Å². The molecule has 0 saturated carbocycles. The van der Waals surface area contributed by atoms with Crippen molar-refractivity contribution in [1.29, 1.82) is 0 Å². The maximum absolute atomic E-state index is 12.5. The molecular formula is C22H41N5O14. The number of carbonyl (C=O) groups is 5. The lowest BCUT2D eigenvalue weighted by molar-refractivity contribution is -0.142. The normalized spacial score (nSPS) is 14.5. The zero-order valence-electron chi connectivity index (χ0n) is 22.4. The Morgan fingerprint density at radius 1 is 0.561 bits per heavy atom. The van der Waals surface area contributed by atoms with E-state index in [-0.39, 0.29) is 26.2 Å². The number of rotatable bonds is 24. The zero-order valence-corrected chi connectivity index (χ0v) is 22.4. The predicted molar refractivity (Wildman–Crippen MR) is 136 cm³/mol. The molecule has 19 heteroatoms. The van der Waals surface area contributed by atoms with Gasteiger partial charge in [-0.25, -0.2) is 0 Å². The van der Waals surface area contributed by atoms with Crippen molar-refractivity contribution in [2.45, 2.75) is 37.1 Å². The minimum atomic E-state index is -1.42. The van der Waals surface area contributed by atoms with Gasteiger partial charge >= 0.3 is 17.9 Å². The van der Waals surface area contributed by atoms with Crippen molar-refractivity contribution in [2.75, 3.05) is 72.5 Å². The SMILES string of the molecule is O=C(O)CN(CCN(CC(=O)O)C(CC(O)CO)C(=O)NCO)CCN(CC(=O)O)C(CC(O)CO)C(=O)NCO. The van der Waals surface area contributed by atoms with E-state index >= 15 is 0 Å². The summed E-state index contributed by atoms with van der Waals surface area (Å²) >= 11 is 0. The maximum atomic E-state index is 12.5. The monoisotopic (exact) mass is 599 g/mol. The highest BCUT2D eigenvalue weighted by Gasteiger charge is 2.32. The number of nitrogens with one attached hydrogen (secondary N) is 2. The zero-order chi connectivity index (χ0) is 31.5. The molecule has 0 rings (SSSR count). The molecule has 0 aliphatic carbocycles. The first kappa shape index (κ1) is 38.0. The quantitative estimate of drug-likeness (QED) is 0.0459. The van der Waals surface area contributed by atoms with Gasteiger partial charge in [-0.05, 0) is 0 Å². The average molecular weight is 600 g/mol. The van der Waals surface area contributed by atoms with Crippen LogP contribution in [0.3, 0.4) is 0 Å². The van der Waals surface area contributed by atoms with E-state index < -0.39 is 113 Å². The minimum absolute atomic E-state index is 0.203. The Kier molecular flexibility index (Phi) is 19.3. The van der Waals surface area contributed by atoms with Gasteiger partial charge in [0.05, 0.1) is 57.1 Å². The Morgan fingerprint density at radius 3 is 1.17 bits per heavy atom.